The maximum Gasteiger partial charge on any atom is 0.0621 e. The zero-order valence-electron chi connectivity index (χ0n) is 29.7. The molecule has 0 aliphatic heterocycles. The maximum absolute atomic E-state index is 2.47. The molecule has 1 nitrogen and oxygen atoms in total. The van der Waals surface area contributed by atoms with Crippen molar-refractivity contribution in [1.82, 2.24) is 0 Å². The van der Waals surface area contributed by atoms with E-state index < -0.39 is 0 Å². The highest BCUT2D eigenvalue weighted by molar-refractivity contribution is 6.09. The molecule has 0 amide bonds. The van der Waals surface area contributed by atoms with Crippen LogP contribution in [-0.2, 0) is 10.8 Å². The third-order valence-corrected chi connectivity index (χ3v) is 11.3. The quantitative estimate of drug-likeness (QED) is 0.172. The molecule has 8 aromatic rings. The molecular formula is C50H41N. The van der Waals surface area contributed by atoms with Crippen molar-refractivity contribution in [2.45, 2.75) is 38.5 Å². The number of benzene rings is 8. The van der Waals surface area contributed by atoms with E-state index in [4.69, 9.17) is 0 Å². The first kappa shape index (κ1) is 31.1. The lowest BCUT2D eigenvalue weighted by Crippen LogP contribution is -2.18. The number of anilines is 3. The van der Waals surface area contributed by atoms with Crippen molar-refractivity contribution < 1.29 is 0 Å². The van der Waals surface area contributed by atoms with Gasteiger partial charge in [-0.25, -0.2) is 0 Å². The predicted molar refractivity (Wildman–Crippen MR) is 218 cm³/mol. The van der Waals surface area contributed by atoms with Gasteiger partial charge in [0.05, 0.1) is 5.69 Å². The minimum Gasteiger partial charge on any atom is -0.309 e. The Kier molecular flexibility index (Phi) is 7.22. The first-order chi connectivity index (χ1) is 24.8. The predicted octanol–water partition coefficient (Wildman–Crippen LogP) is 13.8. The number of rotatable bonds is 6. The van der Waals surface area contributed by atoms with Gasteiger partial charge >= 0.3 is 0 Å². The van der Waals surface area contributed by atoms with E-state index in [2.05, 4.69) is 209 Å². The summed E-state index contributed by atoms with van der Waals surface area (Å²) in [6.07, 6.45) is 0. The molecule has 0 bridgehead atoms. The average molecular weight is 656 g/mol. The molecule has 8 aromatic carbocycles. The van der Waals surface area contributed by atoms with Crippen molar-refractivity contribution in [2.24, 2.45) is 0 Å². The van der Waals surface area contributed by atoms with Crippen LogP contribution in [0.3, 0.4) is 0 Å². The summed E-state index contributed by atoms with van der Waals surface area (Å²) in [5.41, 5.74) is 13.8. The number of nitrogens with zero attached hydrogens (tertiary/aromatic N) is 1. The van der Waals surface area contributed by atoms with Gasteiger partial charge in [-0.15, -0.1) is 0 Å². The molecular weight excluding hydrogens is 615 g/mol. The first-order valence-corrected chi connectivity index (χ1v) is 18.0. The molecule has 1 aliphatic carbocycles. The van der Waals surface area contributed by atoms with Crippen LogP contribution in [0, 0.1) is 0 Å². The lowest BCUT2D eigenvalue weighted by Gasteiger charge is -2.30. The standard InChI is InChI=1S/C50H41N/c1-49(2,40-29-24-34-14-8-9-15-37(34)32-40)39-27-22-35(23-28-39)36-25-30-42(31-26-36)51(41-17-6-5-7-18-41)48-43-19-11-10-16-38(43)33-46-47(48)44-20-12-13-21-45(44)50(46,3)4/h5-33H,1-4H3. The van der Waals surface area contributed by atoms with Crippen molar-refractivity contribution in [3.05, 3.63) is 198 Å². The third kappa shape index (κ3) is 5.07. The first-order valence-electron chi connectivity index (χ1n) is 18.0. The van der Waals surface area contributed by atoms with E-state index >= 15 is 0 Å². The van der Waals surface area contributed by atoms with Crippen LogP contribution < -0.4 is 4.90 Å². The highest BCUT2D eigenvalue weighted by atomic mass is 15.1. The maximum atomic E-state index is 2.47. The number of para-hydroxylation sites is 1. The van der Waals surface area contributed by atoms with Gasteiger partial charge in [0.25, 0.3) is 0 Å². The summed E-state index contributed by atoms with van der Waals surface area (Å²) in [5, 5.41) is 5.07. The monoisotopic (exact) mass is 655 g/mol. The average Bonchev–Trinajstić information content (AvgIpc) is 3.40. The Labute approximate surface area is 301 Å². The van der Waals surface area contributed by atoms with Gasteiger partial charge in [0, 0.05) is 33.2 Å². The number of fused-ring (bicyclic) bond motifs is 5. The van der Waals surface area contributed by atoms with Gasteiger partial charge in [0.2, 0.25) is 0 Å². The second-order valence-electron chi connectivity index (χ2n) is 15.0. The molecule has 0 spiro atoms. The summed E-state index contributed by atoms with van der Waals surface area (Å²) in [4.78, 5) is 2.47. The summed E-state index contributed by atoms with van der Waals surface area (Å²) >= 11 is 0. The molecule has 9 rings (SSSR count). The third-order valence-electron chi connectivity index (χ3n) is 11.3. The van der Waals surface area contributed by atoms with Gasteiger partial charge in [0.1, 0.15) is 0 Å². The summed E-state index contributed by atoms with van der Waals surface area (Å²) in [7, 11) is 0. The van der Waals surface area contributed by atoms with Crippen LogP contribution in [0.5, 0.6) is 0 Å². The molecule has 0 aromatic heterocycles. The van der Waals surface area contributed by atoms with Crippen LogP contribution in [0.4, 0.5) is 17.1 Å². The van der Waals surface area contributed by atoms with Gasteiger partial charge in [0.15, 0.2) is 0 Å². The van der Waals surface area contributed by atoms with Crippen LogP contribution in [0.25, 0.3) is 43.8 Å². The van der Waals surface area contributed by atoms with Crippen LogP contribution in [0.1, 0.15) is 49.9 Å². The highest BCUT2D eigenvalue weighted by Crippen LogP contribution is 2.56. The fourth-order valence-electron chi connectivity index (χ4n) is 8.33. The fourth-order valence-corrected chi connectivity index (χ4v) is 8.33. The van der Waals surface area contributed by atoms with Crippen LogP contribution in [0.2, 0.25) is 0 Å². The Morgan fingerprint density at radius 1 is 0.451 bits per heavy atom. The molecule has 51 heavy (non-hydrogen) atoms. The van der Waals surface area contributed by atoms with Crippen LogP contribution in [0.15, 0.2) is 176 Å². The second kappa shape index (κ2) is 11.9. The molecule has 0 radical (unpaired) electrons. The summed E-state index contributed by atoms with van der Waals surface area (Å²) in [6, 6.07) is 64.8. The number of hydrogen-bond donors (Lipinski definition) is 0. The minimum absolute atomic E-state index is 0.105. The van der Waals surface area contributed by atoms with Crippen molar-refractivity contribution in [3.8, 4) is 22.3 Å². The second-order valence-corrected chi connectivity index (χ2v) is 15.0. The molecule has 0 heterocycles. The van der Waals surface area contributed by atoms with E-state index in [0.29, 0.717) is 0 Å². The fraction of sp³-hybridized carbons (Fsp3) is 0.120. The smallest absolute Gasteiger partial charge is 0.0621 e. The molecule has 0 unspecified atom stereocenters. The van der Waals surface area contributed by atoms with Gasteiger partial charge in [-0.1, -0.05) is 173 Å². The van der Waals surface area contributed by atoms with Crippen LogP contribution in [-0.4, -0.2) is 0 Å². The Bertz CT molecular complexity index is 2560. The molecule has 0 saturated carbocycles. The highest BCUT2D eigenvalue weighted by Gasteiger charge is 2.39. The Morgan fingerprint density at radius 2 is 1.02 bits per heavy atom. The topological polar surface area (TPSA) is 3.24 Å². The Balaban J connectivity index is 1.13. The molecule has 246 valence electrons. The van der Waals surface area contributed by atoms with Crippen molar-refractivity contribution >= 4 is 38.6 Å². The lowest BCUT2D eigenvalue weighted by molar-refractivity contribution is 0.642. The van der Waals surface area contributed by atoms with Crippen molar-refractivity contribution in [3.63, 3.8) is 0 Å². The molecule has 0 fully saturated rings. The molecule has 1 heteroatoms. The van der Waals surface area contributed by atoms with Crippen LogP contribution >= 0.6 is 0 Å². The van der Waals surface area contributed by atoms with Crippen molar-refractivity contribution in [1.29, 1.82) is 0 Å². The van der Waals surface area contributed by atoms with Gasteiger partial charge in [-0.3, -0.25) is 0 Å². The van der Waals surface area contributed by atoms with Gasteiger partial charge in [-0.05, 0) is 85.4 Å². The molecule has 0 atom stereocenters. The zero-order valence-corrected chi connectivity index (χ0v) is 29.7. The Morgan fingerprint density at radius 3 is 1.76 bits per heavy atom. The van der Waals surface area contributed by atoms with E-state index in [1.54, 1.807) is 0 Å². The Hall–Kier alpha value is -5.92. The zero-order chi connectivity index (χ0) is 34.7. The minimum atomic E-state index is -0.117. The van der Waals surface area contributed by atoms with E-state index in [9.17, 15) is 0 Å². The molecule has 1 aliphatic rings. The van der Waals surface area contributed by atoms with Gasteiger partial charge < -0.3 is 4.90 Å². The van der Waals surface area contributed by atoms with E-state index in [0.717, 1.165) is 11.4 Å². The summed E-state index contributed by atoms with van der Waals surface area (Å²) in [5.74, 6) is 0. The molecule has 0 N–H and O–H groups in total. The summed E-state index contributed by atoms with van der Waals surface area (Å²) < 4.78 is 0. The molecule has 0 saturated heterocycles. The summed E-state index contributed by atoms with van der Waals surface area (Å²) in [6.45, 7) is 9.38. The van der Waals surface area contributed by atoms with E-state index in [-0.39, 0.29) is 10.8 Å². The van der Waals surface area contributed by atoms with E-state index in [1.165, 1.54) is 71.7 Å². The normalized spacial score (nSPS) is 13.3. The lowest BCUT2D eigenvalue weighted by atomic mass is 9.77. The van der Waals surface area contributed by atoms with Crippen molar-refractivity contribution in [2.75, 3.05) is 4.90 Å². The van der Waals surface area contributed by atoms with Gasteiger partial charge in [-0.2, -0.15) is 0 Å². The largest absolute Gasteiger partial charge is 0.309 e. The number of hydrogen-bond acceptors (Lipinski definition) is 1. The van der Waals surface area contributed by atoms with E-state index in [1.807, 2.05) is 0 Å². The SMILES string of the molecule is CC(C)(c1ccc(-c2ccc(N(c3ccccc3)c3c4c(cc5ccccc35)C(C)(C)c3ccccc3-4)cc2)cc1)c1ccc2ccccc2c1.